The Kier molecular flexibility index (Phi) is 4.53. The molecule has 2 unspecified atom stereocenters. The molecule has 26 heavy (non-hydrogen) atoms. The van der Waals surface area contributed by atoms with Gasteiger partial charge in [0.05, 0.1) is 5.60 Å². The molecular weight excluding hydrogens is 339 g/mol. The van der Waals surface area contributed by atoms with E-state index in [1.54, 1.807) is 0 Å². The minimum Gasteiger partial charge on any atom is -0.385 e. The molecule has 2 nitrogen and oxygen atoms in total. The van der Waals surface area contributed by atoms with Crippen molar-refractivity contribution in [1.82, 2.24) is 4.90 Å². The number of halogens is 3. The van der Waals surface area contributed by atoms with E-state index < -0.39 is 23.1 Å². The maximum Gasteiger partial charge on any atom is 0.194 e. The van der Waals surface area contributed by atoms with Gasteiger partial charge >= 0.3 is 0 Å². The van der Waals surface area contributed by atoms with Gasteiger partial charge in [0, 0.05) is 24.2 Å². The average Bonchev–Trinajstić information content (AvgIpc) is 2.61. The van der Waals surface area contributed by atoms with Crippen molar-refractivity contribution in [1.29, 1.82) is 0 Å². The second-order valence-electron chi connectivity index (χ2n) is 7.56. The van der Waals surface area contributed by atoms with Crippen molar-refractivity contribution in [3.8, 4) is 0 Å². The van der Waals surface area contributed by atoms with Crippen molar-refractivity contribution in [2.45, 2.75) is 56.3 Å². The molecule has 2 heterocycles. The fourth-order valence-electron chi connectivity index (χ4n) is 4.68. The van der Waals surface area contributed by atoms with Crippen LogP contribution in [0.5, 0.6) is 0 Å². The van der Waals surface area contributed by atoms with Crippen molar-refractivity contribution in [3.63, 3.8) is 0 Å². The number of fused-ring (bicyclic) bond motifs is 2. The van der Waals surface area contributed by atoms with E-state index in [-0.39, 0.29) is 17.6 Å². The highest BCUT2D eigenvalue weighted by molar-refractivity contribution is 5.28. The van der Waals surface area contributed by atoms with E-state index in [2.05, 4.69) is 17.0 Å². The zero-order chi connectivity index (χ0) is 18.3. The van der Waals surface area contributed by atoms with Gasteiger partial charge in [0.25, 0.3) is 0 Å². The minimum absolute atomic E-state index is 0.0974. The summed E-state index contributed by atoms with van der Waals surface area (Å²) in [4.78, 5) is 2.38. The number of rotatable bonds is 3. The summed E-state index contributed by atoms with van der Waals surface area (Å²) < 4.78 is 41.3. The Hall–Kier alpha value is -1.85. The fourth-order valence-corrected chi connectivity index (χ4v) is 4.68. The lowest BCUT2D eigenvalue weighted by atomic mass is 9.72. The minimum atomic E-state index is -1.51. The monoisotopic (exact) mass is 361 g/mol. The van der Waals surface area contributed by atoms with Gasteiger partial charge in [-0.3, -0.25) is 4.90 Å². The molecule has 2 aromatic carbocycles. The van der Waals surface area contributed by atoms with Crippen LogP contribution >= 0.6 is 0 Å². The third-order valence-electron chi connectivity index (χ3n) is 5.90. The Labute approximate surface area is 151 Å². The Morgan fingerprint density at radius 2 is 1.58 bits per heavy atom. The van der Waals surface area contributed by atoms with E-state index in [4.69, 9.17) is 0 Å². The van der Waals surface area contributed by atoms with Gasteiger partial charge in [0.1, 0.15) is 0 Å². The summed E-state index contributed by atoms with van der Waals surface area (Å²) in [6.07, 6.45) is 3.56. The Morgan fingerprint density at radius 1 is 0.923 bits per heavy atom. The second kappa shape index (κ2) is 6.71. The summed E-state index contributed by atoms with van der Waals surface area (Å²) >= 11 is 0. The SMILES string of the molecule is OC1(c2ccc(F)c(F)c2F)CC2CCCC(C1)N2Cc1ccccc1. The van der Waals surface area contributed by atoms with Crippen LogP contribution in [0.25, 0.3) is 0 Å². The molecule has 0 aromatic heterocycles. The molecule has 1 N–H and O–H groups in total. The lowest BCUT2D eigenvalue weighted by Gasteiger charge is -2.52. The van der Waals surface area contributed by atoms with E-state index in [9.17, 15) is 18.3 Å². The lowest BCUT2D eigenvalue weighted by Crippen LogP contribution is -2.56. The first-order valence-electron chi connectivity index (χ1n) is 9.14. The zero-order valence-electron chi connectivity index (χ0n) is 14.5. The maximum absolute atomic E-state index is 14.3. The molecule has 4 rings (SSSR count). The third kappa shape index (κ3) is 3.03. The van der Waals surface area contributed by atoms with Crippen LogP contribution in [0, 0.1) is 17.5 Å². The quantitative estimate of drug-likeness (QED) is 0.813. The lowest BCUT2D eigenvalue weighted by molar-refractivity contribution is -0.102. The molecule has 0 aliphatic carbocycles. The summed E-state index contributed by atoms with van der Waals surface area (Å²) in [5, 5.41) is 11.2. The van der Waals surface area contributed by atoms with E-state index in [0.717, 1.165) is 31.9 Å². The van der Waals surface area contributed by atoms with Gasteiger partial charge in [0.15, 0.2) is 17.5 Å². The number of aliphatic hydroxyl groups is 1. The number of hydrogen-bond donors (Lipinski definition) is 1. The molecule has 2 fully saturated rings. The fraction of sp³-hybridized carbons (Fsp3) is 0.429. The predicted molar refractivity (Wildman–Crippen MR) is 92.9 cm³/mol. The highest BCUT2D eigenvalue weighted by atomic mass is 19.2. The highest BCUT2D eigenvalue weighted by Crippen LogP contribution is 2.45. The van der Waals surface area contributed by atoms with Gasteiger partial charge in [-0.15, -0.1) is 0 Å². The number of piperidine rings is 2. The van der Waals surface area contributed by atoms with Gasteiger partial charge < -0.3 is 5.11 Å². The molecule has 5 heteroatoms. The van der Waals surface area contributed by atoms with E-state index in [0.29, 0.717) is 12.8 Å². The second-order valence-corrected chi connectivity index (χ2v) is 7.56. The Morgan fingerprint density at radius 3 is 2.23 bits per heavy atom. The van der Waals surface area contributed by atoms with Crippen LogP contribution in [0.2, 0.25) is 0 Å². The number of hydrogen-bond acceptors (Lipinski definition) is 2. The van der Waals surface area contributed by atoms with Gasteiger partial charge in [-0.1, -0.05) is 42.8 Å². The first-order chi connectivity index (χ1) is 12.5. The molecule has 2 atom stereocenters. The van der Waals surface area contributed by atoms with Gasteiger partial charge in [-0.25, -0.2) is 13.2 Å². The molecular formula is C21H22F3NO. The normalized spacial score (nSPS) is 28.9. The summed E-state index contributed by atoms with van der Waals surface area (Å²) in [6, 6.07) is 12.4. The van der Waals surface area contributed by atoms with Gasteiger partial charge in [-0.05, 0) is 37.3 Å². The largest absolute Gasteiger partial charge is 0.385 e. The zero-order valence-corrected chi connectivity index (χ0v) is 14.5. The first-order valence-corrected chi connectivity index (χ1v) is 9.14. The van der Waals surface area contributed by atoms with E-state index in [1.807, 2.05) is 18.2 Å². The Bertz CT molecular complexity index is 781. The van der Waals surface area contributed by atoms with E-state index >= 15 is 0 Å². The Balaban J connectivity index is 1.62. The molecule has 2 saturated heterocycles. The first kappa shape index (κ1) is 17.6. The van der Waals surface area contributed by atoms with Crippen LogP contribution in [0.3, 0.4) is 0 Å². The maximum atomic E-state index is 14.3. The topological polar surface area (TPSA) is 23.5 Å². The van der Waals surface area contributed by atoms with Gasteiger partial charge in [-0.2, -0.15) is 0 Å². The van der Waals surface area contributed by atoms with Crippen molar-refractivity contribution < 1.29 is 18.3 Å². The van der Waals surface area contributed by atoms with Crippen molar-refractivity contribution >= 4 is 0 Å². The standard InChI is InChI=1S/C21H22F3NO/c22-18-10-9-17(19(23)20(18)24)21(26)11-15-7-4-8-16(12-21)25(15)13-14-5-2-1-3-6-14/h1-3,5-6,9-10,15-16,26H,4,7-8,11-13H2. The molecule has 0 radical (unpaired) electrons. The van der Waals surface area contributed by atoms with Crippen LogP contribution in [0.1, 0.15) is 43.2 Å². The summed E-state index contributed by atoms with van der Waals surface area (Å²) in [7, 11) is 0. The highest BCUT2D eigenvalue weighted by Gasteiger charge is 2.47. The molecule has 2 aromatic rings. The van der Waals surface area contributed by atoms with Gasteiger partial charge in [0.2, 0.25) is 0 Å². The molecule has 2 bridgehead atoms. The molecule has 0 saturated carbocycles. The summed E-state index contributed by atoms with van der Waals surface area (Å²) in [5.41, 5.74) is -0.372. The van der Waals surface area contributed by atoms with Crippen molar-refractivity contribution in [3.05, 3.63) is 71.0 Å². The molecule has 0 spiro atoms. The van der Waals surface area contributed by atoms with Crippen LogP contribution in [0.4, 0.5) is 13.2 Å². The van der Waals surface area contributed by atoms with Crippen LogP contribution in [0.15, 0.2) is 42.5 Å². The van der Waals surface area contributed by atoms with Crippen molar-refractivity contribution in [2.75, 3.05) is 0 Å². The molecule has 2 aliphatic heterocycles. The number of nitrogens with zero attached hydrogens (tertiary/aromatic N) is 1. The average molecular weight is 361 g/mol. The van der Waals surface area contributed by atoms with Crippen molar-refractivity contribution in [2.24, 2.45) is 0 Å². The van der Waals surface area contributed by atoms with Crippen LogP contribution in [-0.2, 0) is 12.1 Å². The predicted octanol–water partition coefficient (Wildman–Crippen LogP) is 4.51. The van der Waals surface area contributed by atoms with E-state index in [1.165, 1.54) is 11.6 Å². The van der Waals surface area contributed by atoms with Crippen LogP contribution < -0.4 is 0 Å². The number of benzene rings is 2. The smallest absolute Gasteiger partial charge is 0.194 e. The third-order valence-corrected chi connectivity index (χ3v) is 5.90. The summed E-state index contributed by atoms with van der Waals surface area (Å²) in [5.74, 6) is -3.99. The molecule has 138 valence electrons. The molecule has 0 amide bonds. The van der Waals surface area contributed by atoms with Crippen LogP contribution in [-0.4, -0.2) is 22.1 Å². The molecule has 2 aliphatic rings. The summed E-state index contributed by atoms with van der Waals surface area (Å²) in [6.45, 7) is 0.784.